The molecule has 0 spiro atoms. The van der Waals surface area contributed by atoms with Crippen LogP contribution in [0.15, 0.2) is 194 Å². The smallest absolute Gasteiger partial charge is 0.161 e. The highest BCUT2D eigenvalue weighted by Gasteiger charge is 2.36. The molecule has 1 aliphatic carbocycles. The highest BCUT2D eigenvalue weighted by molar-refractivity contribution is 6.26. The second-order valence-corrected chi connectivity index (χ2v) is 16.0. The van der Waals surface area contributed by atoms with Crippen molar-refractivity contribution >= 4 is 62.9 Å². The molecule has 0 atom stereocenters. The van der Waals surface area contributed by atoms with Crippen LogP contribution in [0.1, 0.15) is 43.0 Å². The Kier molecular flexibility index (Phi) is 9.37. The molecule has 2 heterocycles. The molecule has 0 radical (unpaired) electrons. The molecule has 0 bridgehead atoms. The maximum absolute atomic E-state index is 6.52. The summed E-state index contributed by atoms with van der Waals surface area (Å²) in [5, 5.41) is 3.95. The van der Waals surface area contributed by atoms with Crippen LogP contribution in [0.25, 0.3) is 77.9 Å². The number of benzene rings is 7. The van der Waals surface area contributed by atoms with Crippen LogP contribution in [0.3, 0.4) is 0 Å². The molecule has 61 heavy (non-hydrogen) atoms. The number of fused-ring (bicyclic) bond motifs is 7. The van der Waals surface area contributed by atoms with Crippen molar-refractivity contribution in [2.45, 2.75) is 32.7 Å². The van der Waals surface area contributed by atoms with Crippen LogP contribution in [0.4, 0.5) is 0 Å². The Bertz CT molecular complexity index is 3400. The SMILES string of the molecule is C=C/C(C(=NCc1ccc2c(c1)oc1ccccc12)N=C(N=C)c1ccccc1)=c1\c(=C/C)oc2ccc(-c3ccc(-c4cccc5c4-c4ccccc4C5(C)C)cc3)cc12. The lowest BCUT2D eigenvalue weighted by atomic mass is 9.82. The van der Waals surface area contributed by atoms with E-state index in [4.69, 9.17) is 18.8 Å². The molecule has 294 valence electrons. The van der Waals surface area contributed by atoms with Gasteiger partial charge in [-0.25, -0.2) is 9.98 Å². The number of rotatable bonds is 7. The molecule has 5 nitrogen and oxygen atoms in total. The first-order chi connectivity index (χ1) is 29.9. The van der Waals surface area contributed by atoms with Crippen molar-refractivity contribution in [3.63, 3.8) is 0 Å². The Morgan fingerprint density at radius 1 is 0.623 bits per heavy atom. The average Bonchev–Trinajstić information content (AvgIpc) is 3.94. The van der Waals surface area contributed by atoms with Gasteiger partial charge in [0.25, 0.3) is 0 Å². The summed E-state index contributed by atoms with van der Waals surface area (Å²) in [4.78, 5) is 14.6. The van der Waals surface area contributed by atoms with Gasteiger partial charge in [-0.1, -0.05) is 160 Å². The quantitative estimate of drug-likeness (QED) is 0.119. The number of nitrogens with zero attached hydrogens (tertiary/aromatic N) is 3. The molecular formula is C56H43N3O2. The summed E-state index contributed by atoms with van der Waals surface area (Å²) in [5.41, 5.74) is 15.6. The molecule has 2 aromatic heterocycles. The zero-order valence-corrected chi connectivity index (χ0v) is 34.4. The van der Waals surface area contributed by atoms with Gasteiger partial charge >= 0.3 is 0 Å². The zero-order chi connectivity index (χ0) is 41.7. The van der Waals surface area contributed by atoms with Gasteiger partial charge < -0.3 is 8.83 Å². The fourth-order valence-electron chi connectivity index (χ4n) is 9.01. The largest absolute Gasteiger partial charge is 0.456 e. The molecule has 0 N–H and O–H groups in total. The van der Waals surface area contributed by atoms with Crippen molar-refractivity contribution in [3.05, 3.63) is 203 Å². The molecule has 9 aromatic rings. The number of amidine groups is 2. The Hall–Kier alpha value is -7.63. The van der Waals surface area contributed by atoms with Crippen LogP contribution < -0.4 is 10.6 Å². The lowest BCUT2D eigenvalue weighted by Crippen LogP contribution is -2.25. The monoisotopic (exact) mass is 789 g/mol. The highest BCUT2D eigenvalue weighted by Crippen LogP contribution is 2.52. The van der Waals surface area contributed by atoms with Crippen LogP contribution in [0, 0.1) is 0 Å². The van der Waals surface area contributed by atoms with E-state index in [1.807, 2.05) is 73.7 Å². The van der Waals surface area contributed by atoms with Gasteiger partial charge in [0.15, 0.2) is 11.7 Å². The Morgan fingerprint density at radius 3 is 2.11 bits per heavy atom. The minimum absolute atomic E-state index is 0.0549. The lowest BCUT2D eigenvalue weighted by molar-refractivity contribution is 0.575. The van der Waals surface area contributed by atoms with E-state index in [1.165, 1.54) is 33.4 Å². The van der Waals surface area contributed by atoms with Gasteiger partial charge in [0, 0.05) is 37.9 Å². The first-order valence-electron chi connectivity index (χ1n) is 20.6. The van der Waals surface area contributed by atoms with Crippen LogP contribution in [-0.2, 0) is 12.0 Å². The predicted octanol–water partition coefficient (Wildman–Crippen LogP) is 12.9. The number of hydrogen-bond acceptors (Lipinski definition) is 3. The second-order valence-electron chi connectivity index (χ2n) is 16.0. The summed E-state index contributed by atoms with van der Waals surface area (Å²) in [6.45, 7) is 15.2. The molecule has 0 aliphatic heterocycles. The molecule has 0 fully saturated rings. The topological polar surface area (TPSA) is 63.4 Å². The van der Waals surface area contributed by atoms with E-state index in [0.29, 0.717) is 23.6 Å². The zero-order valence-electron chi connectivity index (χ0n) is 34.4. The van der Waals surface area contributed by atoms with Crippen LogP contribution in [0.2, 0.25) is 0 Å². The third kappa shape index (κ3) is 6.46. The summed E-state index contributed by atoms with van der Waals surface area (Å²) in [5.74, 6) is 0.921. The van der Waals surface area contributed by atoms with Gasteiger partial charge in [-0.05, 0) is 94.1 Å². The van der Waals surface area contributed by atoms with Crippen LogP contribution in [0.5, 0.6) is 0 Å². The van der Waals surface area contributed by atoms with Crippen LogP contribution >= 0.6 is 0 Å². The van der Waals surface area contributed by atoms with Gasteiger partial charge in [0.2, 0.25) is 0 Å². The maximum Gasteiger partial charge on any atom is 0.161 e. The first-order valence-corrected chi connectivity index (χ1v) is 20.6. The van der Waals surface area contributed by atoms with E-state index in [1.54, 1.807) is 0 Å². The van der Waals surface area contributed by atoms with Crippen molar-refractivity contribution in [1.82, 2.24) is 0 Å². The average molecular weight is 790 g/mol. The molecule has 0 amide bonds. The van der Waals surface area contributed by atoms with Crippen molar-refractivity contribution in [2.24, 2.45) is 15.0 Å². The summed E-state index contributed by atoms with van der Waals surface area (Å²) in [7, 11) is 0. The second kappa shape index (κ2) is 15.2. The van der Waals surface area contributed by atoms with Crippen LogP contribution in [-0.4, -0.2) is 18.4 Å². The molecule has 5 heteroatoms. The molecular weight excluding hydrogens is 747 g/mol. The van der Waals surface area contributed by atoms with E-state index in [0.717, 1.165) is 66.0 Å². The minimum atomic E-state index is -0.0549. The number of aliphatic imine (C=N–C) groups is 3. The van der Waals surface area contributed by atoms with E-state index < -0.39 is 0 Å². The summed E-state index contributed by atoms with van der Waals surface area (Å²) < 4.78 is 12.7. The van der Waals surface area contributed by atoms with Gasteiger partial charge in [-0.15, -0.1) is 0 Å². The number of furan rings is 2. The van der Waals surface area contributed by atoms with Crippen molar-refractivity contribution in [2.75, 3.05) is 0 Å². The molecule has 1 aliphatic rings. The third-order valence-electron chi connectivity index (χ3n) is 12.1. The number of para-hydroxylation sites is 1. The molecule has 0 saturated heterocycles. The molecule has 0 saturated carbocycles. The summed E-state index contributed by atoms with van der Waals surface area (Å²) >= 11 is 0. The Labute approximate surface area is 354 Å². The predicted molar refractivity (Wildman–Crippen MR) is 255 cm³/mol. The van der Waals surface area contributed by atoms with Gasteiger partial charge in [-0.3, -0.25) is 4.99 Å². The van der Waals surface area contributed by atoms with Crippen molar-refractivity contribution < 1.29 is 8.83 Å². The highest BCUT2D eigenvalue weighted by atomic mass is 16.3. The van der Waals surface area contributed by atoms with Crippen molar-refractivity contribution in [3.8, 4) is 33.4 Å². The summed E-state index contributed by atoms with van der Waals surface area (Å²) in [6.07, 6.45) is 3.79. The first kappa shape index (κ1) is 37.6. The Balaban J connectivity index is 1.09. The fourth-order valence-corrected chi connectivity index (χ4v) is 9.01. The third-order valence-corrected chi connectivity index (χ3v) is 12.1. The van der Waals surface area contributed by atoms with Crippen molar-refractivity contribution in [1.29, 1.82) is 0 Å². The van der Waals surface area contributed by atoms with E-state index in [-0.39, 0.29) is 5.41 Å². The van der Waals surface area contributed by atoms with E-state index >= 15 is 0 Å². The molecule has 7 aromatic carbocycles. The standard InChI is InChI=1S/C56H43N3O2/c1-6-40(55(59-54(57-5)38-16-9-8-10-17-38)58-34-35-24-30-43-42-18-12-14-23-49(42)61-51(43)32-35)53-45-33-39(29-31-50(45)60-48(53)7-2)36-25-27-37(28-26-36)41-20-15-22-47-52(41)44-19-11-13-21-46(44)56(47,3)4/h6-33H,1,5,34H2,2-4H3/b48-7+,53-40+,58-55?,59-54?. The van der Waals surface area contributed by atoms with Gasteiger partial charge in [-0.2, -0.15) is 0 Å². The van der Waals surface area contributed by atoms with Gasteiger partial charge in [0.1, 0.15) is 22.2 Å². The molecule has 0 unspecified atom stereocenters. The normalized spacial score (nSPS) is 14.4. The lowest BCUT2D eigenvalue weighted by Gasteiger charge is -2.21. The molecule has 10 rings (SSSR count). The maximum atomic E-state index is 6.52. The fraction of sp³-hybridized carbons (Fsp3) is 0.0893. The summed E-state index contributed by atoms with van der Waals surface area (Å²) in [6, 6.07) is 54.9. The number of hydrogen-bond donors (Lipinski definition) is 0. The van der Waals surface area contributed by atoms with Gasteiger partial charge in [0.05, 0.1) is 6.54 Å². The van der Waals surface area contributed by atoms with E-state index in [9.17, 15) is 0 Å². The Morgan fingerprint density at radius 2 is 1.31 bits per heavy atom. The minimum Gasteiger partial charge on any atom is -0.456 e. The van der Waals surface area contributed by atoms with E-state index in [2.05, 4.69) is 135 Å².